The van der Waals surface area contributed by atoms with Gasteiger partial charge in [0.1, 0.15) is 12.4 Å². The number of amides is 1. The summed E-state index contributed by atoms with van der Waals surface area (Å²) in [5.41, 5.74) is 6.68. The number of rotatable bonds is 5. The van der Waals surface area contributed by atoms with Gasteiger partial charge in [0.05, 0.1) is 0 Å². The second-order valence-electron chi connectivity index (χ2n) is 5.12. The first kappa shape index (κ1) is 14.3. The van der Waals surface area contributed by atoms with Gasteiger partial charge in [-0.1, -0.05) is 0 Å². The number of anilines is 1. The molecular formula is C14H19N3O3. The molecule has 0 unspecified atom stereocenters. The molecule has 1 aliphatic heterocycles. The summed E-state index contributed by atoms with van der Waals surface area (Å²) >= 11 is 0. The van der Waals surface area contributed by atoms with E-state index in [4.69, 9.17) is 10.8 Å². The fourth-order valence-electron chi connectivity index (χ4n) is 2.60. The third-order valence-electron chi connectivity index (χ3n) is 3.59. The molecule has 0 saturated carbocycles. The molecule has 6 heteroatoms. The van der Waals surface area contributed by atoms with E-state index >= 15 is 0 Å². The lowest BCUT2D eigenvalue weighted by Crippen LogP contribution is -2.43. The molecule has 0 aromatic carbocycles. The van der Waals surface area contributed by atoms with Crippen molar-refractivity contribution in [1.82, 2.24) is 9.88 Å². The van der Waals surface area contributed by atoms with Gasteiger partial charge in [-0.25, -0.2) is 4.98 Å². The molecule has 0 spiro atoms. The highest BCUT2D eigenvalue weighted by atomic mass is 16.4. The van der Waals surface area contributed by atoms with Crippen molar-refractivity contribution in [2.24, 2.45) is 5.92 Å². The van der Waals surface area contributed by atoms with Gasteiger partial charge < -0.3 is 15.7 Å². The molecule has 2 rings (SSSR count). The topological polar surface area (TPSA) is 96.5 Å². The summed E-state index contributed by atoms with van der Waals surface area (Å²) in [6.07, 6.45) is 4.82. The first-order chi connectivity index (χ1) is 9.56. The number of likely N-dealkylation sites (tertiary alicyclic amines) is 1. The Hall–Kier alpha value is -2.11. The van der Waals surface area contributed by atoms with Gasteiger partial charge >= 0.3 is 5.97 Å². The standard InChI is InChI=1S/C14H19N3O3/c15-12-8-10(5-6-16-12)3-4-11-2-1-7-17(14(11)20)9-13(18)19/h5-6,8,11H,1-4,7,9H2,(H2,15,16)(H,18,19)/t11-/m0/s1. The van der Waals surface area contributed by atoms with E-state index in [0.717, 1.165) is 31.2 Å². The van der Waals surface area contributed by atoms with E-state index in [1.807, 2.05) is 12.1 Å². The molecule has 1 amide bonds. The summed E-state index contributed by atoms with van der Waals surface area (Å²) in [6.45, 7) is 0.349. The number of carboxylic acid groups (broad SMARTS) is 1. The first-order valence-electron chi connectivity index (χ1n) is 6.77. The summed E-state index contributed by atoms with van der Waals surface area (Å²) in [6, 6.07) is 3.70. The Morgan fingerprint density at radius 1 is 1.55 bits per heavy atom. The van der Waals surface area contributed by atoms with E-state index in [9.17, 15) is 9.59 Å². The number of aromatic nitrogens is 1. The molecule has 1 aromatic rings. The van der Waals surface area contributed by atoms with Gasteiger partial charge in [-0.2, -0.15) is 0 Å². The monoisotopic (exact) mass is 277 g/mol. The number of piperidine rings is 1. The summed E-state index contributed by atoms with van der Waals surface area (Å²) in [5.74, 6) is -0.607. The van der Waals surface area contributed by atoms with Crippen molar-refractivity contribution < 1.29 is 14.7 Å². The summed E-state index contributed by atoms with van der Waals surface area (Å²) in [5, 5.41) is 8.79. The Bertz CT molecular complexity index is 504. The van der Waals surface area contributed by atoms with Crippen molar-refractivity contribution in [3.05, 3.63) is 23.9 Å². The van der Waals surface area contributed by atoms with E-state index in [2.05, 4.69) is 4.98 Å². The number of pyridine rings is 1. The molecule has 2 heterocycles. The second kappa shape index (κ2) is 6.36. The van der Waals surface area contributed by atoms with Crippen LogP contribution in [0, 0.1) is 5.92 Å². The molecule has 1 aliphatic rings. The van der Waals surface area contributed by atoms with Crippen molar-refractivity contribution in [1.29, 1.82) is 0 Å². The number of aryl methyl sites for hydroxylation is 1. The normalized spacial score (nSPS) is 19.1. The third-order valence-corrected chi connectivity index (χ3v) is 3.59. The molecule has 0 aliphatic carbocycles. The molecule has 1 fully saturated rings. The van der Waals surface area contributed by atoms with Gasteiger partial charge in [-0.15, -0.1) is 0 Å². The Morgan fingerprint density at radius 3 is 3.05 bits per heavy atom. The molecule has 1 atom stereocenters. The highest BCUT2D eigenvalue weighted by Gasteiger charge is 2.29. The zero-order valence-electron chi connectivity index (χ0n) is 11.3. The minimum absolute atomic E-state index is 0.0410. The maximum absolute atomic E-state index is 12.2. The van der Waals surface area contributed by atoms with Crippen molar-refractivity contribution >= 4 is 17.7 Å². The zero-order chi connectivity index (χ0) is 14.5. The lowest BCUT2D eigenvalue weighted by atomic mass is 9.91. The van der Waals surface area contributed by atoms with Gasteiger partial charge in [-0.05, 0) is 43.4 Å². The number of carboxylic acids is 1. The molecule has 6 nitrogen and oxygen atoms in total. The Kier molecular flexibility index (Phi) is 4.55. The van der Waals surface area contributed by atoms with E-state index in [1.54, 1.807) is 6.20 Å². The van der Waals surface area contributed by atoms with Crippen molar-refractivity contribution in [2.45, 2.75) is 25.7 Å². The van der Waals surface area contributed by atoms with E-state index in [-0.39, 0.29) is 18.4 Å². The molecule has 0 radical (unpaired) electrons. The molecule has 3 N–H and O–H groups in total. The van der Waals surface area contributed by atoms with Crippen LogP contribution in [0.2, 0.25) is 0 Å². The smallest absolute Gasteiger partial charge is 0.323 e. The molecule has 1 saturated heterocycles. The fourth-order valence-corrected chi connectivity index (χ4v) is 2.60. The van der Waals surface area contributed by atoms with Gasteiger partial charge in [0.15, 0.2) is 0 Å². The minimum Gasteiger partial charge on any atom is -0.480 e. The van der Waals surface area contributed by atoms with E-state index in [0.29, 0.717) is 12.4 Å². The summed E-state index contributed by atoms with van der Waals surface area (Å²) < 4.78 is 0. The van der Waals surface area contributed by atoms with Gasteiger partial charge in [0.25, 0.3) is 0 Å². The minimum atomic E-state index is -0.957. The van der Waals surface area contributed by atoms with Crippen LogP contribution in [-0.2, 0) is 16.0 Å². The number of carbonyl (C=O) groups excluding carboxylic acids is 1. The third kappa shape index (κ3) is 3.69. The van der Waals surface area contributed by atoms with E-state index < -0.39 is 5.97 Å². The molecule has 108 valence electrons. The average molecular weight is 277 g/mol. The number of aliphatic carboxylic acids is 1. The number of hydrogen-bond acceptors (Lipinski definition) is 4. The van der Waals surface area contributed by atoms with Crippen LogP contribution in [0.25, 0.3) is 0 Å². The number of carbonyl (C=O) groups is 2. The number of hydrogen-bond donors (Lipinski definition) is 2. The van der Waals surface area contributed by atoms with Crippen molar-refractivity contribution in [3.8, 4) is 0 Å². The highest BCUT2D eigenvalue weighted by molar-refractivity contribution is 5.83. The van der Waals surface area contributed by atoms with Gasteiger partial charge in [-0.3, -0.25) is 9.59 Å². The Labute approximate surface area is 117 Å². The lowest BCUT2D eigenvalue weighted by Gasteiger charge is -2.31. The van der Waals surface area contributed by atoms with Gasteiger partial charge in [0, 0.05) is 18.7 Å². The van der Waals surface area contributed by atoms with Crippen molar-refractivity contribution in [3.63, 3.8) is 0 Å². The van der Waals surface area contributed by atoms with Crippen LogP contribution in [0.3, 0.4) is 0 Å². The van der Waals surface area contributed by atoms with Crippen LogP contribution in [-0.4, -0.2) is 40.0 Å². The predicted molar refractivity (Wildman–Crippen MR) is 73.9 cm³/mol. The van der Waals surface area contributed by atoms with Crippen molar-refractivity contribution in [2.75, 3.05) is 18.8 Å². The van der Waals surface area contributed by atoms with E-state index in [1.165, 1.54) is 4.90 Å². The SMILES string of the molecule is Nc1cc(CC[C@@H]2CCCN(CC(=O)O)C2=O)ccn1. The lowest BCUT2D eigenvalue weighted by molar-refractivity contribution is -0.148. The fraction of sp³-hybridized carbons (Fsp3) is 0.500. The molecular weight excluding hydrogens is 258 g/mol. The van der Waals surface area contributed by atoms with Crippen LogP contribution in [0.15, 0.2) is 18.3 Å². The van der Waals surface area contributed by atoms with Crippen LogP contribution in [0.4, 0.5) is 5.82 Å². The Morgan fingerprint density at radius 2 is 2.35 bits per heavy atom. The number of nitrogens with zero attached hydrogens (tertiary/aromatic N) is 2. The zero-order valence-corrected chi connectivity index (χ0v) is 11.3. The average Bonchev–Trinajstić information content (AvgIpc) is 2.39. The molecule has 1 aromatic heterocycles. The molecule has 20 heavy (non-hydrogen) atoms. The maximum Gasteiger partial charge on any atom is 0.323 e. The highest BCUT2D eigenvalue weighted by Crippen LogP contribution is 2.23. The predicted octanol–water partition coefficient (Wildman–Crippen LogP) is 0.920. The van der Waals surface area contributed by atoms with Crippen LogP contribution < -0.4 is 5.73 Å². The summed E-state index contributed by atoms with van der Waals surface area (Å²) in [7, 11) is 0. The van der Waals surface area contributed by atoms with Gasteiger partial charge in [0.2, 0.25) is 5.91 Å². The van der Waals surface area contributed by atoms with Crippen LogP contribution in [0.1, 0.15) is 24.8 Å². The second-order valence-corrected chi connectivity index (χ2v) is 5.12. The molecule has 0 bridgehead atoms. The first-order valence-corrected chi connectivity index (χ1v) is 6.77. The van der Waals surface area contributed by atoms with Crippen LogP contribution >= 0.6 is 0 Å². The Balaban J connectivity index is 1.92. The maximum atomic E-state index is 12.2. The summed E-state index contributed by atoms with van der Waals surface area (Å²) in [4.78, 5) is 28.3. The number of nitrogens with two attached hydrogens (primary N) is 1. The largest absolute Gasteiger partial charge is 0.480 e. The quantitative estimate of drug-likeness (QED) is 0.834. The number of nitrogen functional groups attached to an aromatic ring is 1. The van der Waals surface area contributed by atoms with Crippen LogP contribution in [0.5, 0.6) is 0 Å².